The lowest BCUT2D eigenvalue weighted by Gasteiger charge is -2.27. The first kappa shape index (κ1) is 19.8. The predicted octanol–water partition coefficient (Wildman–Crippen LogP) is 3.28. The summed E-state index contributed by atoms with van der Waals surface area (Å²) >= 11 is 0. The highest BCUT2D eigenvalue weighted by Gasteiger charge is 2.14. The first-order valence-electron chi connectivity index (χ1n) is 9.17. The third-order valence-electron chi connectivity index (χ3n) is 4.37. The maximum absolute atomic E-state index is 4.82. The molecule has 0 aromatic heterocycles. The fraction of sp³-hybridized carbons (Fsp3) is 0.737. The number of allylic oxidation sites excluding steroid dienone is 2. The average Bonchev–Trinajstić information content (AvgIpc) is 2.82. The Labute approximate surface area is 143 Å². The number of hydrogen-bond donors (Lipinski definition) is 1. The number of hydrogen-bond acceptors (Lipinski definition) is 3. The Hall–Kier alpha value is -1.29. The molecule has 1 aliphatic heterocycles. The molecular weight excluding hydrogens is 284 g/mol. The van der Waals surface area contributed by atoms with Crippen LogP contribution in [-0.4, -0.2) is 62.0 Å². The summed E-state index contributed by atoms with van der Waals surface area (Å²) in [4.78, 5) is 9.68. The van der Waals surface area contributed by atoms with Gasteiger partial charge in [-0.3, -0.25) is 9.89 Å². The smallest absolute Gasteiger partial charge is 0.113 e. The summed E-state index contributed by atoms with van der Waals surface area (Å²) in [6.45, 7) is 14.2. The Morgan fingerprint density at radius 1 is 1.26 bits per heavy atom. The van der Waals surface area contributed by atoms with Crippen LogP contribution in [0, 0.1) is 0 Å². The van der Waals surface area contributed by atoms with Gasteiger partial charge >= 0.3 is 0 Å². The van der Waals surface area contributed by atoms with Crippen molar-refractivity contribution in [3.8, 4) is 0 Å². The fourth-order valence-electron chi connectivity index (χ4n) is 2.70. The van der Waals surface area contributed by atoms with Crippen LogP contribution >= 0.6 is 0 Å². The third-order valence-corrected chi connectivity index (χ3v) is 4.37. The molecule has 0 radical (unpaired) electrons. The van der Waals surface area contributed by atoms with Crippen LogP contribution in [0.1, 0.15) is 46.0 Å². The molecule has 4 nitrogen and oxygen atoms in total. The van der Waals surface area contributed by atoms with Gasteiger partial charge in [0, 0.05) is 25.8 Å². The monoisotopic (exact) mass is 320 g/mol. The summed E-state index contributed by atoms with van der Waals surface area (Å²) in [5.41, 5.74) is 1.11. The van der Waals surface area contributed by atoms with E-state index in [0.29, 0.717) is 0 Å². The van der Waals surface area contributed by atoms with E-state index in [1.807, 2.05) is 6.92 Å². The van der Waals surface area contributed by atoms with Crippen molar-refractivity contribution in [3.05, 3.63) is 24.4 Å². The molecule has 1 aliphatic rings. The van der Waals surface area contributed by atoms with E-state index in [1.54, 1.807) is 0 Å². The van der Waals surface area contributed by atoms with Crippen molar-refractivity contribution < 1.29 is 0 Å². The van der Waals surface area contributed by atoms with E-state index in [9.17, 15) is 0 Å². The van der Waals surface area contributed by atoms with E-state index >= 15 is 0 Å². The molecule has 4 heteroatoms. The first-order valence-corrected chi connectivity index (χ1v) is 9.17. The maximum Gasteiger partial charge on any atom is 0.113 e. The van der Waals surface area contributed by atoms with Crippen LogP contribution in [0.2, 0.25) is 0 Å². The highest BCUT2D eigenvalue weighted by Crippen LogP contribution is 2.10. The molecular formula is C19H36N4. The molecule has 1 rings (SSSR count). The minimum absolute atomic E-state index is 0.777. The number of rotatable bonds is 9. The normalized spacial score (nSPS) is 17.3. The second kappa shape index (κ2) is 12.2. The van der Waals surface area contributed by atoms with Gasteiger partial charge in [0.05, 0.1) is 13.1 Å². The van der Waals surface area contributed by atoms with Crippen LogP contribution in [0.5, 0.6) is 0 Å². The molecule has 1 fully saturated rings. The van der Waals surface area contributed by atoms with Gasteiger partial charge in [-0.1, -0.05) is 38.5 Å². The lowest BCUT2D eigenvalue weighted by molar-refractivity contribution is 0.311. The van der Waals surface area contributed by atoms with Crippen LogP contribution in [0.15, 0.2) is 29.4 Å². The Balaban J connectivity index is 2.55. The number of nitrogens with one attached hydrogen (secondary N) is 1. The molecule has 1 saturated heterocycles. The van der Waals surface area contributed by atoms with Crippen LogP contribution in [0.4, 0.5) is 0 Å². The van der Waals surface area contributed by atoms with Gasteiger partial charge < -0.3 is 10.2 Å². The highest BCUT2D eigenvalue weighted by atomic mass is 15.2. The molecule has 0 bridgehead atoms. The molecule has 1 heterocycles. The summed E-state index contributed by atoms with van der Waals surface area (Å²) in [5, 5.41) is 3.38. The van der Waals surface area contributed by atoms with E-state index in [4.69, 9.17) is 4.99 Å². The average molecular weight is 321 g/mol. The van der Waals surface area contributed by atoms with Crippen molar-refractivity contribution in [2.75, 3.05) is 46.3 Å². The molecule has 0 amide bonds. The van der Waals surface area contributed by atoms with Gasteiger partial charge in [0.2, 0.25) is 0 Å². The van der Waals surface area contributed by atoms with E-state index in [2.05, 4.69) is 47.8 Å². The summed E-state index contributed by atoms with van der Waals surface area (Å²) < 4.78 is 0. The summed E-state index contributed by atoms with van der Waals surface area (Å²) in [6, 6.07) is 0. The molecule has 1 N–H and O–H groups in total. The zero-order valence-corrected chi connectivity index (χ0v) is 15.5. The standard InChI is InChI=1S/C19H36N4/c1-5-7-12-21-19(17-23-14-10-8-9-11-15-23)22(4)16-13-20-18(3)6-2/h5,7,20H,3,6,8-17H2,1-2,4H3/b7-5-,21-19?. The van der Waals surface area contributed by atoms with Crippen LogP contribution in [0.25, 0.3) is 0 Å². The van der Waals surface area contributed by atoms with E-state index in [0.717, 1.165) is 38.3 Å². The molecule has 132 valence electrons. The second-order valence-corrected chi connectivity index (χ2v) is 6.32. The quantitative estimate of drug-likeness (QED) is 0.402. The zero-order chi connectivity index (χ0) is 16.9. The topological polar surface area (TPSA) is 30.9 Å². The van der Waals surface area contributed by atoms with Gasteiger partial charge in [-0.05, 0) is 39.3 Å². The molecule has 0 unspecified atom stereocenters. The highest BCUT2D eigenvalue weighted by molar-refractivity contribution is 5.84. The van der Waals surface area contributed by atoms with Crippen molar-refractivity contribution in [3.63, 3.8) is 0 Å². The molecule has 0 aliphatic carbocycles. The molecule has 0 aromatic carbocycles. The van der Waals surface area contributed by atoms with Crippen LogP contribution in [-0.2, 0) is 0 Å². The molecule has 0 saturated carbocycles. The lowest BCUT2D eigenvalue weighted by Crippen LogP contribution is -2.41. The zero-order valence-electron chi connectivity index (χ0n) is 15.5. The largest absolute Gasteiger partial charge is 0.387 e. The maximum atomic E-state index is 4.82. The Morgan fingerprint density at radius 3 is 2.57 bits per heavy atom. The van der Waals surface area contributed by atoms with Crippen molar-refractivity contribution in [2.24, 2.45) is 4.99 Å². The number of likely N-dealkylation sites (N-methyl/N-ethyl adjacent to an activating group) is 1. The van der Waals surface area contributed by atoms with E-state index in [-0.39, 0.29) is 0 Å². The van der Waals surface area contributed by atoms with Crippen molar-refractivity contribution in [1.29, 1.82) is 0 Å². The third kappa shape index (κ3) is 8.80. The van der Waals surface area contributed by atoms with Gasteiger partial charge in [0.1, 0.15) is 5.84 Å². The predicted molar refractivity (Wildman–Crippen MR) is 102 cm³/mol. The van der Waals surface area contributed by atoms with Gasteiger partial charge in [-0.2, -0.15) is 0 Å². The summed E-state index contributed by atoms with van der Waals surface area (Å²) in [5.74, 6) is 1.20. The molecule has 0 spiro atoms. The van der Waals surface area contributed by atoms with Gasteiger partial charge in [0.25, 0.3) is 0 Å². The molecule has 0 aromatic rings. The SMILES string of the molecule is C=C(CC)NCCN(C)C(CN1CCCCCC1)=NC/C=C\C. The first-order chi connectivity index (χ1) is 11.2. The number of amidine groups is 1. The number of aliphatic imine (C=N–C) groups is 1. The number of nitrogens with zero attached hydrogens (tertiary/aromatic N) is 3. The van der Waals surface area contributed by atoms with Gasteiger partial charge in [0.15, 0.2) is 0 Å². The lowest BCUT2D eigenvalue weighted by atomic mass is 10.2. The number of likely N-dealkylation sites (tertiary alicyclic amines) is 1. The van der Waals surface area contributed by atoms with Crippen LogP contribution in [0.3, 0.4) is 0 Å². The van der Waals surface area contributed by atoms with E-state index < -0.39 is 0 Å². The van der Waals surface area contributed by atoms with Crippen molar-refractivity contribution >= 4 is 5.84 Å². The van der Waals surface area contributed by atoms with Gasteiger partial charge in [-0.15, -0.1) is 0 Å². The fourth-order valence-corrected chi connectivity index (χ4v) is 2.70. The van der Waals surface area contributed by atoms with Crippen molar-refractivity contribution in [2.45, 2.75) is 46.0 Å². The molecule has 23 heavy (non-hydrogen) atoms. The Bertz CT molecular complexity index is 379. The Kier molecular flexibility index (Phi) is 10.5. The van der Waals surface area contributed by atoms with Gasteiger partial charge in [-0.25, -0.2) is 0 Å². The van der Waals surface area contributed by atoms with Crippen LogP contribution < -0.4 is 5.32 Å². The second-order valence-electron chi connectivity index (χ2n) is 6.32. The van der Waals surface area contributed by atoms with E-state index in [1.165, 1.54) is 44.6 Å². The minimum Gasteiger partial charge on any atom is -0.387 e. The summed E-state index contributed by atoms with van der Waals surface area (Å²) in [6.07, 6.45) is 10.6. The summed E-state index contributed by atoms with van der Waals surface area (Å²) in [7, 11) is 2.16. The molecule has 0 atom stereocenters. The Morgan fingerprint density at radius 2 is 1.96 bits per heavy atom. The van der Waals surface area contributed by atoms with Crippen molar-refractivity contribution in [1.82, 2.24) is 15.1 Å². The minimum atomic E-state index is 0.777.